The predicted octanol–water partition coefficient (Wildman–Crippen LogP) is 3.97. The summed E-state index contributed by atoms with van der Waals surface area (Å²) in [6.07, 6.45) is 6.68. The lowest BCUT2D eigenvalue weighted by molar-refractivity contribution is -0.138. The lowest BCUT2D eigenvalue weighted by Gasteiger charge is -2.31. The largest absolute Gasteiger partial charge is 0.413 e. The number of Topliss-reactive ketones (excluding diaryl/α,β-unsaturated/α-hetero) is 1. The van der Waals surface area contributed by atoms with Gasteiger partial charge in [-0.3, -0.25) is 9.59 Å². The maximum absolute atomic E-state index is 14.0. The van der Waals surface area contributed by atoms with Gasteiger partial charge in [-0.1, -0.05) is 50.3 Å². The molecule has 2 saturated heterocycles. The number of fused-ring (bicyclic) bond motifs is 2. The molecule has 3 unspecified atom stereocenters. The second-order valence-corrected chi connectivity index (χ2v) is 13.7. The van der Waals surface area contributed by atoms with Crippen LogP contribution in [0.5, 0.6) is 5.75 Å². The molecule has 3 fully saturated rings. The highest BCUT2D eigenvalue weighted by Gasteiger charge is 2.54. The predicted molar refractivity (Wildman–Crippen MR) is 153 cm³/mol. The molecule has 216 valence electrons. The molecule has 3 aromatic rings. The van der Waals surface area contributed by atoms with Crippen molar-refractivity contribution in [2.24, 2.45) is 5.92 Å². The van der Waals surface area contributed by atoms with Crippen molar-refractivity contribution in [3.63, 3.8) is 0 Å². The first-order chi connectivity index (χ1) is 19.8. The fraction of sp³-hybridized carbons (Fsp3) is 0.448. The van der Waals surface area contributed by atoms with Gasteiger partial charge in [0.2, 0.25) is 5.91 Å². The summed E-state index contributed by atoms with van der Waals surface area (Å²) in [6.45, 7) is -0.0901. The van der Waals surface area contributed by atoms with Gasteiger partial charge in [0.15, 0.2) is 16.6 Å². The molecule has 3 atom stereocenters. The van der Waals surface area contributed by atoms with Crippen LogP contribution in [0.15, 0.2) is 59.1 Å². The van der Waals surface area contributed by atoms with Crippen molar-refractivity contribution >= 4 is 49.2 Å². The minimum Gasteiger partial charge on any atom is -0.409 e. The number of pyridine rings is 1. The van der Waals surface area contributed by atoms with Gasteiger partial charge in [-0.05, 0) is 43.0 Å². The first-order valence-electron chi connectivity index (χ1n) is 14.0. The summed E-state index contributed by atoms with van der Waals surface area (Å²) in [5, 5.41) is 5.26. The number of nitrogens with one attached hydrogen (secondary N) is 1. The van der Waals surface area contributed by atoms with Gasteiger partial charge in [0.05, 0.1) is 12.6 Å². The number of hydrogen-bond acceptors (Lipinski definition) is 8. The molecule has 1 N–H and O–H groups in total. The molecule has 1 saturated carbocycles. The zero-order valence-corrected chi connectivity index (χ0v) is 24.1. The Labute approximate surface area is 242 Å². The van der Waals surface area contributed by atoms with Crippen LogP contribution in [0.3, 0.4) is 0 Å². The standard InChI is InChI=1S/C29H32N4O6S2/c34-23-17-33(41(37,38)26-12-6-7-14-30-26)22-13-15-32(27(22)23)28(35)21(16-19-8-2-1-3-9-19)31-29(36)39-24-18-40-25-11-5-4-10-20(24)25/h4-7,10-12,14,18-19,21-22,27H,1-3,8-9,13,15-17H2,(H,31,36). The van der Waals surface area contributed by atoms with E-state index in [1.807, 2.05) is 24.3 Å². The summed E-state index contributed by atoms with van der Waals surface area (Å²) in [7, 11) is -4.01. The fourth-order valence-electron chi connectivity index (χ4n) is 6.44. The van der Waals surface area contributed by atoms with E-state index < -0.39 is 34.2 Å². The molecule has 0 bridgehead atoms. The minimum atomic E-state index is -4.01. The van der Waals surface area contributed by atoms with Crippen molar-refractivity contribution in [1.29, 1.82) is 0 Å². The Kier molecular flexibility index (Phi) is 7.80. The molecular weight excluding hydrogens is 564 g/mol. The summed E-state index contributed by atoms with van der Waals surface area (Å²) >= 11 is 1.47. The zero-order valence-electron chi connectivity index (χ0n) is 22.5. The molecule has 1 aromatic carbocycles. The average molecular weight is 597 g/mol. The van der Waals surface area contributed by atoms with Gasteiger partial charge >= 0.3 is 6.09 Å². The zero-order chi connectivity index (χ0) is 28.6. The van der Waals surface area contributed by atoms with Crippen molar-refractivity contribution in [1.82, 2.24) is 19.5 Å². The Balaban J connectivity index is 1.21. The number of ether oxygens (including phenoxy) is 1. The Morgan fingerprint density at radius 1 is 1.07 bits per heavy atom. The summed E-state index contributed by atoms with van der Waals surface area (Å²) in [5.74, 6) is -0.0158. The number of nitrogens with zero attached hydrogens (tertiary/aromatic N) is 3. The van der Waals surface area contributed by atoms with E-state index in [0.717, 1.165) is 42.2 Å². The number of carbonyl (C=O) groups is 3. The van der Waals surface area contributed by atoms with E-state index >= 15 is 0 Å². The Morgan fingerprint density at radius 3 is 2.63 bits per heavy atom. The highest BCUT2D eigenvalue weighted by Crippen LogP contribution is 2.36. The lowest BCUT2D eigenvalue weighted by Crippen LogP contribution is -2.53. The van der Waals surface area contributed by atoms with Crippen LogP contribution >= 0.6 is 11.3 Å². The van der Waals surface area contributed by atoms with Crippen LogP contribution in [-0.2, 0) is 19.6 Å². The van der Waals surface area contributed by atoms with Gasteiger partial charge in [-0.25, -0.2) is 18.2 Å². The van der Waals surface area contributed by atoms with E-state index in [1.54, 1.807) is 17.5 Å². The molecule has 0 radical (unpaired) electrons. The Bertz CT molecular complexity index is 1550. The van der Waals surface area contributed by atoms with Crippen LogP contribution in [-0.4, -0.2) is 71.6 Å². The monoisotopic (exact) mass is 596 g/mol. The maximum atomic E-state index is 14.0. The third-order valence-electron chi connectivity index (χ3n) is 8.40. The van der Waals surface area contributed by atoms with Crippen molar-refractivity contribution in [3.8, 4) is 5.75 Å². The number of benzene rings is 1. The van der Waals surface area contributed by atoms with Gasteiger partial charge < -0.3 is 15.0 Å². The quantitative estimate of drug-likeness (QED) is 0.438. The topological polar surface area (TPSA) is 126 Å². The molecule has 0 spiro atoms. The van der Waals surface area contributed by atoms with Crippen molar-refractivity contribution in [2.45, 2.75) is 68.1 Å². The number of hydrogen-bond donors (Lipinski definition) is 1. The third-order valence-corrected chi connectivity index (χ3v) is 11.1. The van der Waals surface area contributed by atoms with E-state index in [1.165, 1.54) is 32.8 Å². The minimum absolute atomic E-state index is 0.126. The number of rotatable bonds is 7. The SMILES string of the molecule is O=C(NC(CC1CCCCC1)C(=O)N1CCC2C1C(=O)CN2S(=O)(=O)c1ccccn1)Oc1csc2ccccc12. The molecule has 1 aliphatic carbocycles. The van der Waals surface area contributed by atoms with E-state index in [-0.39, 0.29) is 35.7 Å². The summed E-state index contributed by atoms with van der Waals surface area (Å²) in [5.41, 5.74) is 0. The van der Waals surface area contributed by atoms with E-state index in [2.05, 4.69) is 10.3 Å². The molecular formula is C29H32N4O6S2. The van der Waals surface area contributed by atoms with Crippen LogP contribution in [0.2, 0.25) is 0 Å². The Hall–Kier alpha value is -3.35. The number of aromatic nitrogens is 1. The lowest BCUT2D eigenvalue weighted by atomic mass is 9.84. The van der Waals surface area contributed by atoms with Crippen LogP contribution in [0, 0.1) is 5.92 Å². The number of sulfonamides is 1. The molecule has 2 amide bonds. The normalized spacial score (nSPS) is 22.5. The van der Waals surface area contributed by atoms with Crippen LogP contribution < -0.4 is 10.1 Å². The van der Waals surface area contributed by atoms with E-state index in [4.69, 9.17) is 4.74 Å². The molecule has 2 aliphatic heterocycles. The van der Waals surface area contributed by atoms with Gasteiger partial charge in [0.25, 0.3) is 10.0 Å². The number of thiophene rings is 1. The smallest absolute Gasteiger partial charge is 0.409 e. The third kappa shape index (κ3) is 5.47. The molecule has 10 nitrogen and oxygen atoms in total. The molecule has 2 aromatic heterocycles. The maximum Gasteiger partial charge on any atom is 0.413 e. The number of likely N-dealkylation sites (tertiary alicyclic amines) is 1. The first kappa shape index (κ1) is 27.8. The molecule has 41 heavy (non-hydrogen) atoms. The number of carbonyl (C=O) groups excluding carboxylic acids is 3. The number of amides is 2. The average Bonchev–Trinajstić information content (AvgIpc) is 3.69. The second-order valence-electron chi connectivity index (χ2n) is 10.9. The van der Waals surface area contributed by atoms with Crippen molar-refractivity contribution in [3.05, 3.63) is 54.0 Å². The van der Waals surface area contributed by atoms with Gasteiger partial charge in [0.1, 0.15) is 12.1 Å². The fourth-order valence-corrected chi connectivity index (χ4v) is 8.86. The summed E-state index contributed by atoms with van der Waals surface area (Å²) in [6, 6.07) is 9.76. The van der Waals surface area contributed by atoms with Gasteiger partial charge in [-0.2, -0.15) is 4.31 Å². The molecule has 6 rings (SSSR count). The van der Waals surface area contributed by atoms with Crippen molar-refractivity contribution < 1.29 is 27.5 Å². The van der Waals surface area contributed by atoms with Crippen LogP contribution in [0.25, 0.3) is 10.1 Å². The van der Waals surface area contributed by atoms with Gasteiger partial charge in [-0.15, -0.1) is 11.3 Å². The second kappa shape index (κ2) is 11.5. The van der Waals surface area contributed by atoms with Gasteiger partial charge in [0, 0.05) is 28.2 Å². The molecule has 12 heteroatoms. The van der Waals surface area contributed by atoms with Crippen molar-refractivity contribution in [2.75, 3.05) is 13.1 Å². The first-order valence-corrected chi connectivity index (χ1v) is 16.4. The highest BCUT2D eigenvalue weighted by molar-refractivity contribution is 7.89. The summed E-state index contributed by atoms with van der Waals surface area (Å²) < 4.78 is 34.4. The highest BCUT2D eigenvalue weighted by atomic mass is 32.2. The van der Waals surface area contributed by atoms with Crippen LogP contribution in [0.1, 0.15) is 44.9 Å². The Morgan fingerprint density at radius 2 is 1.85 bits per heavy atom. The summed E-state index contributed by atoms with van der Waals surface area (Å²) in [4.78, 5) is 45.8. The number of ketones is 1. The van der Waals surface area contributed by atoms with E-state index in [9.17, 15) is 22.8 Å². The molecule has 4 heterocycles. The molecule has 3 aliphatic rings. The van der Waals surface area contributed by atoms with E-state index in [0.29, 0.717) is 18.6 Å². The van der Waals surface area contributed by atoms with Crippen LogP contribution in [0.4, 0.5) is 4.79 Å².